The predicted molar refractivity (Wildman–Crippen MR) is 86.8 cm³/mol. The molecule has 0 spiro atoms. The van der Waals surface area contributed by atoms with Gasteiger partial charge in [-0.2, -0.15) is 0 Å². The van der Waals surface area contributed by atoms with Gasteiger partial charge in [0.15, 0.2) is 12.2 Å². The Morgan fingerprint density at radius 1 is 0.897 bits per heavy atom. The highest BCUT2D eigenvalue weighted by molar-refractivity contribution is 5.93. The van der Waals surface area contributed by atoms with E-state index in [1.807, 2.05) is 0 Å². The summed E-state index contributed by atoms with van der Waals surface area (Å²) in [7, 11) is 0. The maximum atomic E-state index is 12.2. The fraction of sp³-hybridized carbons (Fsp3) is 0.765. The van der Waals surface area contributed by atoms with Crippen LogP contribution in [0.4, 0.5) is 0 Å². The van der Waals surface area contributed by atoms with Crippen molar-refractivity contribution in [2.75, 3.05) is 26.4 Å². The van der Waals surface area contributed by atoms with Crippen molar-refractivity contribution in [2.24, 2.45) is 0 Å². The zero-order valence-electron chi connectivity index (χ0n) is 15.3. The van der Waals surface area contributed by atoms with E-state index in [-0.39, 0.29) is 18.8 Å². The Hall–Kier alpha value is -1.64. The van der Waals surface area contributed by atoms with Crippen molar-refractivity contribution >= 4 is 11.9 Å². The molecule has 0 amide bonds. The average Bonchev–Trinajstić information content (AvgIpc) is 3.36. The first kappa shape index (κ1) is 20.6. The fourth-order valence-electron chi connectivity index (χ4n) is 3.84. The van der Waals surface area contributed by atoms with Gasteiger partial charge in [0.05, 0.1) is 19.6 Å². The van der Waals surface area contributed by atoms with Crippen molar-refractivity contribution in [1.82, 2.24) is 0 Å². The van der Waals surface area contributed by atoms with Crippen LogP contribution in [0.15, 0.2) is 12.2 Å². The first-order valence-corrected chi connectivity index (χ1v) is 9.03. The third-order valence-corrected chi connectivity index (χ3v) is 5.31. The maximum absolute atomic E-state index is 12.2. The molecule has 0 aromatic heterocycles. The largest absolute Gasteiger partial charge is 0.427 e. The van der Waals surface area contributed by atoms with Gasteiger partial charge in [0.2, 0.25) is 0 Å². The molecule has 8 atom stereocenters. The molecule has 4 N–H and O–H groups in total. The molecule has 0 aromatic rings. The quantitative estimate of drug-likeness (QED) is 0.200. The maximum Gasteiger partial charge on any atom is 0.336 e. The molecule has 0 bridgehead atoms. The Kier molecular flexibility index (Phi) is 5.16. The molecule has 12 nitrogen and oxygen atoms in total. The molecule has 29 heavy (non-hydrogen) atoms. The van der Waals surface area contributed by atoms with Gasteiger partial charge >= 0.3 is 11.9 Å². The molecule has 0 aromatic carbocycles. The van der Waals surface area contributed by atoms with E-state index in [2.05, 4.69) is 6.58 Å². The minimum Gasteiger partial charge on any atom is -0.427 e. The van der Waals surface area contributed by atoms with Crippen molar-refractivity contribution in [1.29, 1.82) is 0 Å². The second-order valence-electron chi connectivity index (χ2n) is 7.53. The zero-order chi connectivity index (χ0) is 21.0. The van der Waals surface area contributed by atoms with E-state index in [1.165, 1.54) is 0 Å². The number of carbonyl (C=O) groups excluding carboxylic acids is 2. The van der Waals surface area contributed by atoms with Gasteiger partial charge in [0, 0.05) is 5.57 Å². The summed E-state index contributed by atoms with van der Waals surface area (Å²) >= 11 is 0. The second-order valence-corrected chi connectivity index (χ2v) is 7.53. The lowest BCUT2D eigenvalue weighted by molar-refractivity contribution is -0.239. The van der Waals surface area contributed by atoms with Crippen LogP contribution < -0.4 is 0 Å². The lowest BCUT2D eigenvalue weighted by Gasteiger charge is -2.27. The molecule has 4 aliphatic rings. The molecule has 0 radical (unpaired) electrons. The predicted octanol–water partition coefficient (Wildman–Crippen LogP) is -3.29. The van der Waals surface area contributed by atoms with E-state index in [4.69, 9.17) is 28.4 Å². The Morgan fingerprint density at radius 3 is 1.90 bits per heavy atom. The number of rotatable bonds is 5. The van der Waals surface area contributed by atoms with Crippen LogP contribution in [-0.2, 0) is 38.0 Å². The Morgan fingerprint density at radius 2 is 1.38 bits per heavy atom. The molecule has 0 saturated carbocycles. The summed E-state index contributed by atoms with van der Waals surface area (Å²) in [6.07, 6.45) is -6.34. The molecular weight excluding hydrogens is 396 g/mol. The Balaban J connectivity index is 1.31. The summed E-state index contributed by atoms with van der Waals surface area (Å²) < 4.78 is 30.9. The lowest BCUT2D eigenvalue weighted by Crippen LogP contribution is -2.48. The van der Waals surface area contributed by atoms with Crippen LogP contribution in [0.2, 0.25) is 0 Å². The van der Waals surface area contributed by atoms with Gasteiger partial charge in [-0.1, -0.05) is 6.58 Å². The van der Waals surface area contributed by atoms with Crippen molar-refractivity contribution in [3.05, 3.63) is 12.2 Å². The van der Waals surface area contributed by atoms with Crippen LogP contribution in [-0.4, -0.2) is 107 Å². The van der Waals surface area contributed by atoms with Crippen LogP contribution in [0.1, 0.15) is 6.42 Å². The highest BCUT2D eigenvalue weighted by atomic mass is 16.7. The van der Waals surface area contributed by atoms with Gasteiger partial charge in [-0.05, 0) is 0 Å². The lowest BCUT2D eigenvalue weighted by atomic mass is 10.1. The van der Waals surface area contributed by atoms with Gasteiger partial charge in [0.25, 0.3) is 11.6 Å². The molecule has 12 heteroatoms. The number of carbonyl (C=O) groups is 2. The highest BCUT2D eigenvalue weighted by Crippen LogP contribution is 2.37. The minimum absolute atomic E-state index is 0.0756. The average molecular weight is 418 g/mol. The van der Waals surface area contributed by atoms with E-state index >= 15 is 0 Å². The third-order valence-electron chi connectivity index (χ3n) is 5.31. The number of fused-ring (bicyclic) bond motifs is 2. The molecule has 4 aliphatic heterocycles. The second kappa shape index (κ2) is 7.25. The van der Waals surface area contributed by atoms with E-state index in [1.54, 1.807) is 0 Å². The van der Waals surface area contributed by atoms with E-state index in [0.29, 0.717) is 0 Å². The van der Waals surface area contributed by atoms with E-state index in [0.717, 1.165) is 0 Å². The molecule has 4 fully saturated rings. The number of esters is 2. The van der Waals surface area contributed by atoms with Gasteiger partial charge in [-0.3, -0.25) is 4.79 Å². The standard InChI is InChI=1S/C17H22O12/c1-7(15(21)29-17(23)6-27-12-9(19)4-25-14(12)17)2-10(20)28-16(22)5-26-11-8(18)3-24-13(11)16/h8-9,11-14,18-19,22-23H,1-6H2/t8-,9-,11-,12-,13+,14+,16+,17+/m1/s1. The van der Waals surface area contributed by atoms with E-state index < -0.39 is 79.8 Å². The van der Waals surface area contributed by atoms with Crippen LogP contribution in [0, 0.1) is 0 Å². The normalized spacial score (nSPS) is 45.7. The van der Waals surface area contributed by atoms with Crippen molar-refractivity contribution in [3.8, 4) is 0 Å². The summed E-state index contributed by atoms with van der Waals surface area (Å²) in [6.45, 7) is 2.47. The topological polar surface area (TPSA) is 170 Å². The summed E-state index contributed by atoms with van der Waals surface area (Å²) in [4.78, 5) is 24.4. The minimum atomic E-state index is -2.13. The number of aliphatic hydroxyl groups is 4. The molecule has 0 unspecified atom stereocenters. The van der Waals surface area contributed by atoms with Crippen LogP contribution >= 0.6 is 0 Å². The van der Waals surface area contributed by atoms with Crippen LogP contribution in [0.3, 0.4) is 0 Å². The first-order valence-electron chi connectivity index (χ1n) is 9.03. The third kappa shape index (κ3) is 3.55. The van der Waals surface area contributed by atoms with Crippen molar-refractivity contribution in [2.45, 2.75) is 54.6 Å². The molecule has 4 saturated heterocycles. The molecule has 4 rings (SSSR count). The SMILES string of the molecule is C=C(CC(=O)O[C@@]1(O)CO[C@@H]2[C@H](O)CO[C@@H]21)C(=O)O[C@@]1(O)CO[C@@H]2[C@H](O)CO[C@@H]21. The van der Waals surface area contributed by atoms with Crippen LogP contribution in [0.5, 0.6) is 0 Å². The van der Waals surface area contributed by atoms with Gasteiger partial charge in [0.1, 0.15) is 37.6 Å². The number of hydrogen-bond donors (Lipinski definition) is 4. The fourth-order valence-corrected chi connectivity index (χ4v) is 3.84. The van der Waals surface area contributed by atoms with Crippen molar-refractivity contribution in [3.63, 3.8) is 0 Å². The molecule has 4 heterocycles. The van der Waals surface area contributed by atoms with Gasteiger partial charge < -0.3 is 48.8 Å². The van der Waals surface area contributed by atoms with Crippen molar-refractivity contribution < 1.29 is 58.4 Å². The highest BCUT2D eigenvalue weighted by Gasteiger charge is 2.60. The monoisotopic (exact) mass is 418 g/mol. The molecule has 162 valence electrons. The van der Waals surface area contributed by atoms with Gasteiger partial charge in [-0.15, -0.1) is 0 Å². The van der Waals surface area contributed by atoms with E-state index in [9.17, 15) is 30.0 Å². The van der Waals surface area contributed by atoms with Crippen LogP contribution in [0.25, 0.3) is 0 Å². The number of hydrogen-bond acceptors (Lipinski definition) is 12. The number of ether oxygens (including phenoxy) is 6. The Bertz CT molecular complexity index is 711. The smallest absolute Gasteiger partial charge is 0.336 e. The Labute approximate surface area is 164 Å². The summed E-state index contributed by atoms with van der Waals surface area (Å²) in [6, 6.07) is 0. The summed E-state index contributed by atoms with van der Waals surface area (Å²) in [5, 5.41) is 40.3. The zero-order valence-corrected chi connectivity index (χ0v) is 15.3. The first-order chi connectivity index (χ1) is 13.6. The summed E-state index contributed by atoms with van der Waals surface area (Å²) in [5.74, 6) is -6.35. The summed E-state index contributed by atoms with van der Waals surface area (Å²) in [5.41, 5.74) is -0.350. The molecule has 0 aliphatic carbocycles. The van der Waals surface area contributed by atoms with Gasteiger partial charge in [-0.25, -0.2) is 4.79 Å². The molecular formula is C17H22O12. The number of aliphatic hydroxyl groups excluding tert-OH is 2.